The first-order chi connectivity index (χ1) is 12.4. The lowest BCUT2D eigenvalue weighted by Crippen LogP contribution is -2.31. The van der Waals surface area contributed by atoms with E-state index in [-0.39, 0.29) is 24.6 Å². The van der Waals surface area contributed by atoms with Crippen molar-refractivity contribution >= 4 is 11.9 Å². The number of hydrogen-bond acceptors (Lipinski definition) is 4. The molecule has 0 unspecified atom stereocenters. The number of hydrogen-bond donors (Lipinski definition) is 1. The first-order valence-corrected chi connectivity index (χ1v) is 8.18. The largest absolute Gasteiger partial charge is 0.496 e. The van der Waals surface area contributed by atoms with Gasteiger partial charge >= 0.3 is 5.97 Å². The summed E-state index contributed by atoms with van der Waals surface area (Å²) >= 11 is 0. The summed E-state index contributed by atoms with van der Waals surface area (Å²) in [6.45, 7) is 1.93. The van der Waals surface area contributed by atoms with Crippen molar-refractivity contribution in [1.82, 2.24) is 5.32 Å². The Kier molecular flexibility index (Phi) is 6.72. The van der Waals surface area contributed by atoms with Crippen LogP contribution in [-0.4, -0.2) is 26.1 Å². The molecule has 2 aromatic carbocycles. The zero-order valence-corrected chi connectivity index (χ0v) is 15.0. The second-order valence-electron chi connectivity index (χ2n) is 5.94. The fraction of sp³-hybridized carbons (Fsp3) is 0.300. The van der Waals surface area contributed by atoms with Crippen molar-refractivity contribution in [3.63, 3.8) is 0 Å². The number of aryl methyl sites for hydroxylation is 1. The second-order valence-corrected chi connectivity index (χ2v) is 5.94. The molecule has 0 heterocycles. The Hall–Kier alpha value is -2.89. The zero-order chi connectivity index (χ0) is 19.1. The van der Waals surface area contributed by atoms with Crippen molar-refractivity contribution in [2.75, 3.05) is 14.2 Å². The van der Waals surface area contributed by atoms with Gasteiger partial charge in [0.05, 0.1) is 33.1 Å². The highest BCUT2D eigenvalue weighted by molar-refractivity contribution is 5.81. The monoisotopic (exact) mass is 359 g/mol. The van der Waals surface area contributed by atoms with Crippen LogP contribution in [0.25, 0.3) is 0 Å². The summed E-state index contributed by atoms with van der Waals surface area (Å²) in [4.78, 5) is 24.2. The number of ether oxygens (including phenoxy) is 2. The van der Waals surface area contributed by atoms with Crippen LogP contribution < -0.4 is 10.1 Å². The van der Waals surface area contributed by atoms with E-state index in [1.807, 2.05) is 25.1 Å². The molecule has 0 aliphatic heterocycles. The van der Waals surface area contributed by atoms with Crippen LogP contribution in [0.1, 0.15) is 29.2 Å². The van der Waals surface area contributed by atoms with Gasteiger partial charge in [0, 0.05) is 5.56 Å². The predicted molar refractivity (Wildman–Crippen MR) is 95.4 cm³/mol. The Morgan fingerprint density at radius 2 is 1.81 bits per heavy atom. The lowest BCUT2D eigenvalue weighted by atomic mass is 10.0. The summed E-state index contributed by atoms with van der Waals surface area (Å²) in [5.74, 6) is -0.502. The molecule has 26 heavy (non-hydrogen) atoms. The van der Waals surface area contributed by atoms with Crippen LogP contribution in [0.2, 0.25) is 0 Å². The molecule has 0 radical (unpaired) electrons. The highest BCUT2D eigenvalue weighted by Crippen LogP contribution is 2.22. The summed E-state index contributed by atoms with van der Waals surface area (Å²) in [5, 5.41) is 2.82. The number of methoxy groups -OCH3 is 2. The Labute approximate surface area is 152 Å². The molecule has 1 atom stereocenters. The van der Waals surface area contributed by atoms with Crippen LogP contribution in [0, 0.1) is 12.7 Å². The van der Waals surface area contributed by atoms with Gasteiger partial charge in [0.2, 0.25) is 5.91 Å². The van der Waals surface area contributed by atoms with Crippen LogP contribution in [0.4, 0.5) is 4.39 Å². The van der Waals surface area contributed by atoms with Gasteiger partial charge in [0.1, 0.15) is 11.6 Å². The molecule has 1 N–H and O–H groups in total. The van der Waals surface area contributed by atoms with Gasteiger partial charge in [-0.05, 0) is 30.7 Å². The lowest BCUT2D eigenvalue weighted by Gasteiger charge is -2.19. The molecule has 6 heteroatoms. The average molecular weight is 359 g/mol. The quantitative estimate of drug-likeness (QED) is 0.772. The van der Waals surface area contributed by atoms with Crippen LogP contribution in [0.15, 0.2) is 42.5 Å². The van der Waals surface area contributed by atoms with E-state index in [9.17, 15) is 14.0 Å². The third-order valence-electron chi connectivity index (χ3n) is 3.99. The molecule has 5 nitrogen and oxygen atoms in total. The Morgan fingerprint density at radius 3 is 2.42 bits per heavy atom. The first kappa shape index (κ1) is 19.4. The van der Waals surface area contributed by atoms with Gasteiger partial charge in [-0.15, -0.1) is 0 Å². The number of rotatable bonds is 7. The fourth-order valence-electron chi connectivity index (χ4n) is 2.66. The number of nitrogens with one attached hydrogen (secondary N) is 1. The van der Waals surface area contributed by atoms with Gasteiger partial charge in [0.15, 0.2) is 0 Å². The van der Waals surface area contributed by atoms with Crippen molar-refractivity contribution in [3.05, 3.63) is 65.0 Å². The van der Waals surface area contributed by atoms with Crippen molar-refractivity contribution in [1.29, 1.82) is 0 Å². The van der Waals surface area contributed by atoms with E-state index in [1.165, 1.54) is 31.4 Å². The summed E-state index contributed by atoms with van der Waals surface area (Å²) < 4.78 is 23.1. The molecule has 0 aliphatic rings. The maximum atomic E-state index is 13.2. The minimum absolute atomic E-state index is 0.0428. The lowest BCUT2D eigenvalue weighted by molar-refractivity contribution is -0.141. The predicted octanol–water partition coefficient (Wildman–Crippen LogP) is 3.11. The molecule has 2 aromatic rings. The Bertz CT molecular complexity index is 774. The standard InChI is InChI=1S/C20H22FNO4/c1-13-4-9-18(25-2)15(10-13)11-19(23)22-17(12-20(24)26-3)14-5-7-16(21)8-6-14/h4-10,17H,11-12H2,1-3H3,(H,22,23)/t17-/m0/s1. The molecule has 0 saturated heterocycles. The molecule has 2 rings (SSSR count). The van der Waals surface area contributed by atoms with Crippen molar-refractivity contribution in [3.8, 4) is 5.75 Å². The second kappa shape index (κ2) is 8.99. The summed E-state index contributed by atoms with van der Waals surface area (Å²) in [6.07, 6.45) is 0.0581. The summed E-state index contributed by atoms with van der Waals surface area (Å²) in [6, 6.07) is 10.6. The molecular weight excluding hydrogens is 337 g/mol. The van der Waals surface area contributed by atoms with E-state index in [4.69, 9.17) is 9.47 Å². The number of amides is 1. The maximum Gasteiger partial charge on any atom is 0.307 e. The summed E-state index contributed by atoms with van der Waals surface area (Å²) in [5.41, 5.74) is 2.39. The van der Waals surface area contributed by atoms with E-state index in [0.717, 1.165) is 11.1 Å². The van der Waals surface area contributed by atoms with Crippen molar-refractivity contribution in [2.24, 2.45) is 0 Å². The molecule has 0 aromatic heterocycles. The van der Waals surface area contributed by atoms with E-state index in [0.29, 0.717) is 11.3 Å². The van der Waals surface area contributed by atoms with Gasteiger partial charge in [-0.3, -0.25) is 9.59 Å². The van der Waals surface area contributed by atoms with E-state index in [1.54, 1.807) is 7.11 Å². The molecule has 0 aliphatic carbocycles. The molecule has 0 saturated carbocycles. The zero-order valence-electron chi connectivity index (χ0n) is 15.0. The van der Waals surface area contributed by atoms with Crippen LogP contribution >= 0.6 is 0 Å². The topological polar surface area (TPSA) is 64.6 Å². The Morgan fingerprint density at radius 1 is 1.12 bits per heavy atom. The fourth-order valence-corrected chi connectivity index (χ4v) is 2.66. The van der Waals surface area contributed by atoms with Gasteiger partial charge < -0.3 is 14.8 Å². The van der Waals surface area contributed by atoms with Crippen LogP contribution in [0.3, 0.4) is 0 Å². The van der Waals surface area contributed by atoms with Gasteiger partial charge in [0.25, 0.3) is 0 Å². The third kappa shape index (κ3) is 5.31. The van der Waals surface area contributed by atoms with Crippen LogP contribution in [0.5, 0.6) is 5.75 Å². The SMILES string of the molecule is COC(=O)C[C@H](NC(=O)Cc1cc(C)ccc1OC)c1ccc(F)cc1. The van der Waals surface area contributed by atoms with Crippen molar-refractivity contribution in [2.45, 2.75) is 25.8 Å². The van der Waals surface area contributed by atoms with E-state index >= 15 is 0 Å². The summed E-state index contributed by atoms with van der Waals surface area (Å²) in [7, 11) is 2.83. The van der Waals surface area contributed by atoms with Gasteiger partial charge in [-0.1, -0.05) is 29.8 Å². The third-order valence-corrected chi connectivity index (χ3v) is 3.99. The Balaban J connectivity index is 2.16. The van der Waals surface area contributed by atoms with Crippen LogP contribution in [-0.2, 0) is 20.7 Å². The normalized spacial score (nSPS) is 11.5. The maximum absolute atomic E-state index is 13.2. The van der Waals surface area contributed by atoms with E-state index < -0.39 is 12.0 Å². The highest BCUT2D eigenvalue weighted by atomic mass is 19.1. The van der Waals surface area contributed by atoms with Gasteiger partial charge in [-0.2, -0.15) is 0 Å². The minimum Gasteiger partial charge on any atom is -0.496 e. The highest BCUT2D eigenvalue weighted by Gasteiger charge is 2.20. The molecule has 138 valence electrons. The number of halogens is 1. The number of esters is 1. The molecule has 0 fully saturated rings. The van der Waals surface area contributed by atoms with Gasteiger partial charge in [-0.25, -0.2) is 4.39 Å². The smallest absolute Gasteiger partial charge is 0.307 e. The first-order valence-electron chi connectivity index (χ1n) is 8.18. The minimum atomic E-state index is -0.605. The number of carbonyl (C=O) groups is 2. The van der Waals surface area contributed by atoms with E-state index in [2.05, 4.69) is 5.32 Å². The molecule has 0 bridgehead atoms. The molecular formula is C20H22FNO4. The van der Waals surface area contributed by atoms with Crippen molar-refractivity contribution < 1.29 is 23.5 Å². The molecule has 1 amide bonds. The number of benzene rings is 2. The number of carbonyl (C=O) groups excluding carboxylic acids is 2. The average Bonchev–Trinajstić information content (AvgIpc) is 2.62. The molecule has 0 spiro atoms.